The summed E-state index contributed by atoms with van der Waals surface area (Å²) in [5.74, 6) is 3.02. The Labute approximate surface area is 160 Å². The first-order chi connectivity index (χ1) is 13.2. The van der Waals surface area contributed by atoms with Crippen LogP contribution >= 0.6 is 0 Å². The van der Waals surface area contributed by atoms with Crippen molar-refractivity contribution in [2.75, 3.05) is 20.2 Å². The molecular formula is C22H26N4O. The van der Waals surface area contributed by atoms with Gasteiger partial charge in [-0.1, -0.05) is 36.4 Å². The molecule has 1 aromatic heterocycles. The highest BCUT2D eigenvalue weighted by Crippen LogP contribution is 2.26. The fraction of sp³-hybridized carbons (Fsp3) is 0.364. The molecule has 2 heterocycles. The molecule has 1 aliphatic heterocycles. The third-order valence-corrected chi connectivity index (χ3v) is 5.61. The fourth-order valence-electron chi connectivity index (χ4n) is 3.81. The highest BCUT2D eigenvalue weighted by atomic mass is 16.5. The molecule has 0 N–H and O–H groups in total. The van der Waals surface area contributed by atoms with Crippen LogP contribution < -0.4 is 4.74 Å². The van der Waals surface area contributed by atoms with E-state index in [-0.39, 0.29) is 0 Å². The Kier molecular flexibility index (Phi) is 4.94. The number of fused-ring (bicyclic) bond motifs is 1. The number of nitrogens with zero attached hydrogens (tertiary/aromatic N) is 4. The number of benzene rings is 2. The van der Waals surface area contributed by atoms with Crippen LogP contribution in [0.3, 0.4) is 0 Å². The third-order valence-electron chi connectivity index (χ3n) is 5.61. The van der Waals surface area contributed by atoms with E-state index in [2.05, 4.69) is 69.9 Å². The predicted octanol–water partition coefficient (Wildman–Crippen LogP) is 3.63. The fourth-order valence-corrected chi connectivity index (χ4v) is 3.81. The summed E-state index contributed by atoms with van der Waals surface area (Å²) >= 11 is 0. The number of hydrogen-bond donors (Lipinski definition) is 0. The van der Waals surface area contributed by atoms with Crippen molar-refractivity contribution in [2.45, 2.75) is 33.4 Å². The second kappa shape index (κ2) is 7.53. The molecule has 0 saturated carbocycles. The van der Waals surface area contributed by atoms with E-state index in [0.717, 1.165) is 55.6 Å². The SMILES string of the molecule is COc1ccc(CN2CCc3nnc(-c4ccccc4)n3CC2)c(C)c1C. The second-order valence-electron chi connectivity index (χ2n) is 7.16. The summed E-state index contributed by atoms with van der Waals surface area (Å²) in [4.78, 5) is 2.51. The van der Waals surface area contributed by atoms with Crippen LogP contribution in [0.5, 0.6) is 5.75 Å². The van der Waals surface area contributed by atoms with E-state index in [1.54, 1.807) is 7.11 Å². The molecule has 140 valence electrons. The van der Waals surface area contributed by atoms with Crippen molar-refractivity contribution in [3.63, 3.8) is 0 Å². The molecule has 0 unspecified atom stereocenters. The van der Waals surface area contributed by atoms with E-state index in [9.17, 15) is 0 Å². The van der Waals surface area contributed by atoms with E-state index >= 15 is 0 Å². The van der Waals surface area contributed by atoms with E-state index in [1.165, 1.54) is 16.7 Å². The first-order valence-electron chi connectivity index (χ1n) is 9.50. The summed E-state index contributed by atoms with van der Waals surface area (Å²) in [6.45, 7) is 8.18. The van der Waals surface area contributed by atoms with Gasteiger partial charge in [0.05, 0.1) is 7.11 Å². The van der Waals surface area contributed by atoms with Crippen molar-refractivity contribution < 1.29 is 4.74 Å². The van der Waals surface area contributed by atoms with Gasteiger partial charge in [0, 0.05) is 38.2 Å². The zero-order valence-corrected chi connectivity index (χ0v) is 16.3. The van der Waals surface area contributed by atoms with Gasteiger partial charge in [-0.15, -0.1) is 10.2 Å². The van der Waals surface area contributed by atoms with Gasteiger partial charge in [-0.25, -0.2) is 0 Å². The van der Waals surface area contributed by atoms with Crippen LogP contribution in [-0.2, 0) is 19.5 Å². The Morgan fingerprint density at radius 1 is 0.926 bits per heavy atom. The lowest BCUT2D eigenvalue weighted by Crippen LogP contribution is -2.27. The van der Waals surface area contributed by atoms with Gasteiger partial charge in [0.2, 0.25) is 0 Å². The van der Waals surface area contributed by atoms with Crippen LogP contribution in [0.25, 0.3) is 11.4 Å². The van der Waals surface area contributed by atoms with E-state index in [0.29, 0.717) is 0 Å². The van der Waals surface area contributed by atoms with Crippen molar-refractivity contribution in [1.29, 1.82) is 0 Å². The first-order valence-corrected chi connectivity index (χ1v) is 9.50. The molecule has 0 radical (unpaired) electrons. The average Bonchev–Trinajstić information content (AvgIpc) is 3.00. The van der Waals surface area contributed by atoms with Crippen molar-refractivity contribution in [2.24, 2.45) is 0 Å². The Bertz CT molecular complexity index is 933. The molecule has 2 aromatic carbocycles. The Hall–Kier alpha value is -2.66. The molecule has 0 bridgehead atoms. The zero-order chi connectivity index (χ0) is 18.8. The van der Waals surface area contributed by atoms with Crippen molar-refractivity contribution >= 4 is 0 Å². The van der Waals surface area contributed by atoms with Crippen LogP contribution in [0.1, 0.15) is 22.5 Å². The van der Waals surface area contributed by atoms with Crippen LogP contribution in [0.4, 0.5) is 0 Å². The predicted molar refractivity (Wildman–Crippen MR) is 107 cm³/mol. The third kappa shape index (κ3) is 3.47. The molecule has 5 nitrogen and oxygen atoms in total. The number of rotatable bonds is 4. The standard InChI is InChI=1S/C22H26N4O/c1-16-17(2)20(27-3)10-9-19(16)15-25-12-11-21-23-24-22(26(21)14-13-25)18-7-5-4-6-8-18/h4-10H,11-15H2,1-3H3. The monoisotopic (exact) mass is 362 g/mol. The zero-order valence-electron chi connectivity index (χ0n) is 16.3. The van der Waals surface area contributed by atoms with Gasteiger partial charge in [0.15, 0.2) is 5.82 Å². The quantitative estimate of drug-likeness (QED) is 0.711. The topological polar surface area (TPSA) is 43.2 Å². The lowest BCUT2D eigenvalue weighted by molar-refractivity contribution is 0.270. The molecule has 0 spiro atoms. The van der Waals surface area contributed by atoms with E-state index in [1.807, 2.05) is 6.07 Å². The largest absolute Gasteiger partial charge is 0.496 e. The summed E-state index contributed by atoms with van der Waals surface area (Å²) in [7, 11) is 1.73. The average molecular weight is 362 g/mol. The highest BCUT2D eigenvalue weighted by molar-refractivity contribution is 5.55. The number of hydrogen-bond acceptors (Lipinski definition) is 4. The van der Waals surface area contributed by atoms with Gasteiger partial charge >= 0.3 is 0 Å². The molecule has 0 amide bonds. The molecule has 4 rings (SSSR count). The summed E-state index contributed by atoms with van der Waals surface area (Å²) in [5.41, 5.74) is 5.05. The lowest BCUT2D eigenvalue weighted by atomic mass is 10.0. The summed E-state index contributed by atoms with van der Waals surface area (Å²) < 4.78 is 7.72. The molecule has 27 heavy (non-hydrogen) atoms. The molecular weight excluding hydrogens is 336 g/mol. The van der Waals surface area contributed by atoms with Crippen LogP contribution in [0.15, 0.2) is 42.5 Å². The normalized spacial score (nSPS) is 14.6. The Morgan fingerprint density at radius 3 is 2.52 bits per heavy atom. The molecule has 0 atom stereocenters. The second-order valence-corrected chi connectivity index (χ2v) is 7.16. The van der Waals surface area contributed by atoms with Gasteiger partial charge in [-0.3, -0.25) is 4.90 Å². The number of methoxy groups -OCH3 is 1. The van der Waals surface area contributed by atoms with Crippen molar-refractivity contribution in [3.05, 3.63) is 65.0 Å². The smallest absolute Gasteiger partial charge is 0.164 e. The number of ether oxygens (including phenoxy) is 1. The van der Waals surface area contributed by atoms with Gasteiger partial charge in [0.25, 0.3) is 0 Å². The number of aromatic nitrogens is 3. The first kappa shape index (κ1) is 17.7. The Morgan fingerprint density at radius 2 is 1.74 bits per heavy atom. The van der Waals surface area contributed by atoms with Crippen LogP contribution in [0, 0.1) is 13.8 Å². The highest BCUT2D eigenvalue weighted by Gasteiger charge is 2.20. The minimum absolute atomic E-state index is 0.917. The summed E-state index contributed by atoms with van der Waals surface area (Å²) in [6.07, 6.45) is 0.925. The lowest BCUT2D eigenvalue weighted by Gasteiger charge is -2.22. The molecule has 0 fully saturated rings. The van der Waals surface area contributed by atoms with Crippen LogP contribution in [-0.4, -0.2) is 39.9 Å². The molecule has 3 aromatic rings. The maximum absolute atomic E-state index is 5.45. The maximum atomic E-state index is 5.45. The Balaban J connectivity index is 1.51. The van der Waals surface area contributed by atoms with E-state index < -0.39 is 0 Å². The minimum atomic E-state index is 0.917. The summed E-state index contributed by atoms with van der Waals surface area (Å²) in [6, 6.07) is 14.6. The molecule has 0 saturated heterocycles. The van der Waals surface area contributed by atoms with Crippen molar-refractivity contribution in [3.8, 4) is 17.1 Å². The molecule has 1 aliphatic rings. The van der Waals surface area contributed by atoms with E-state index in [4.69, 9.17) is 4.74 Å². The van der Waals surface area contributed by atoms with Gasteiger partial charge in [-0.05, 0) is 36.6 Å². The van der Waals surface area contributed by atoms with Gasteiger partial charge < -0.3 is 9.30 Å². The van der Waals surface area contributed by atoms with Gasteiger partial charge in [0.1, 0.15) is 11.6 Å². The summed E-state index contributed by atoms with van der Waals surface area (Å²) in [5, 5.41) is 8.90. The maximum Gasteiger partial charge on any atom is 0.164 e. The molecule has 0 aliphatic carbocycles. The van der Waals surface area contributed by atoms with Gasteiger partial charge in [-0.2, -0.15) is 0 Å². The van der Waals surface area contributed by atoms with Crippen LogP contribution in [0.2, 0.25) is 0 Å². The molecule has 5 heteroatoms. The minimum Gasteiger partial charge on any atom is -0.496 e. The van der Waals surface area contributed by atoms with Crippen molar-refractivity contribution in [1.82, 2.24) is 19.7 Å².